The maximum Gasteiger partial charge on any atom is 0.193 e. The van der Waals surface area contributed by atoms with Crippen molar-refractivity contribution >= 4 is 5.96 Å². The molecular weight excluding hydrogens is 354 g/mol. The summed E-state index contributed by atoms with van der Waals surface area (Å²) in [5, 5.41) is 3.50. The average molecular weight is 390 g/mol. The third kappa shape index (κ3) is 6.11. The number of nitrogens with one attached hydrogen (secondary N) is 1. The summed E-state index contributed by atoms with van der Waals surface area (Å²) in [6.45, 7) is 9.21. The first-order valence-electron chi connectivity index (χ1n) is 10.6. The second-order valence-electron chi connectivity index (χ2n) is 7.98. The number of nitrogens with zero attached hydrogens (tertiary/aromatic N) is 2. The molecule has 0 aromatic heterocycles. The van der Waals surface area contributed by atoms with Crippen LogP contribution in [0.5, 0.6) is 5.75 Å². The van der Waals surface area contributed by atoms with E-state index in [1.54, 1.807) is 0 Å². The first-order chi connectivity index (χ1) is 13.7. The molecule has 0 amide bonds. The number of rotatable bonds is 7. The van der Waals surface area contributed by atoms with Gasteiger partial charge in [-0.2, -0.15) is 0 Å². The van der Waals surface area contributed by atoms with Crippen LogP contribution in [0.2, 0.25) is 0 Å². The smallest absolute Gasteiger partial charge is 0.193 e. The minimum atomic E-state index is 0.146. The van der Waals surface area contributed by atoms with Gasteiger partial charge in [-0.15, -0.1) is 0 Å². The third-order valence-corrected chi connectivity index (χ3v) is 5.19. The van der Waals surface area contributed by atoms with Gasteiger partial charge in [-0.3, -0.25) is 4.99 Å². The van der Waals surface area contributed by atoms with Crippen LogP contribution in [0.3, 0.4) is 0 Å². The quantitative estimate of drug-likeness (QED) is 0.574. The number of ether oxygens (including phenoxy) is 3. The Kier molecular flexibility index (Phi) is 7.98. The SMILES string of the molecule is CN=C(NCCc1ccc(OCC(C)C)cc1)N1CCOC(C2CCCO2)C1. The molecule has 2 heterocycles. The average Bonchev–Trinajstić information content (AvgIpc) is 3.25. The number of morpholine rings is 1. The van der Waals surface area contributed by atoms with E-state index < -0.39 is 0 Å². The fourth-order valence-electron chi connectivity index (χ4n) is 3.65. The van der Waals surface area contributed by atoms with Crippen LogP contribution in [0.4, 0.5) is 0 Å². The number of guanidine groups is 1. The maximum absolute atomic E-state index is 5.94. The topological polar surface area (TPSA) is 55.3 Å². The zero-order valence-electron chi connectivity index (χ0n) is 17.5. The molecule has 0 radical (unpaired) electrons. The van der Waals surface area contributed by atoms with Crippen LogP contribution in [-0.4, -0.2) is 69.6 Å². The molecule has 3 rings (SSSR count). The lowest BCUT2D eigenvalue weighted by atomic mass is 10.1. The van der Waals surface area contributed by atoms with E-state index in [0.717, 1.165) is 70.4 Å². The predicted octanol–water partition coefficient (Wildman–Crippen LogP) is 2.72. The Morgan fingerprint density at radius 1 is 1.21 bits per heavy atom. The number of hydrogen-bond acceptors (Lipinski definition) is 4. The first-order valence-corrected chi connectivity index (χ1v) is 10.6. The van der Waals surface area contributed by atoms with Gasteiger partial charge in [0.2, 0.25) is 0 Å². The van der Waals surface area contributed by atoms with Crippen LogP contribution in [0.1, 0.15) is 32.3 Å². The minimum Gasteiger partial charge on any atom is -0.493 e. The van der Waals surface area contributed by atoms with Crippen LogP contribution in [0.25, 0.3) is 0 Å². The van der Waals surface area contributed by atoms with Gasteiger partial charge in [-0.1, -0.05) is 26.0 Å². The van der Waals surface area contributed by atoms with E-state index in [1.165, 1.54) is 5.56 Å². The highest BCUT2D eigenvalue weighted by molar-refractivity contribution is 5.80. The molecule has 0 spiro atoms. The summed E-state index contributed by atoms with van der Waals surface area (Å²) in [6, 6.07) is 8.39. The van der Waals surface area contributed by atoms with E-state index in [9.17, 15) is 0 Å². The van der Waals surface area contributed by atoms with Gasteiger partial charge < -0.3 is 24.4 Å². The second kappa shape index (κ2) is 10.7. The molecule has 2 atom stereocenters. The van der Waals surface area contributed by atoms with Crippen molar-refractivity contribution in [1.82, 2.24) is 10.2 Å². The lowest BCUT2D eigenvalue weighted by Gasteiger charge is -2.37. The molecule has 0 aliphatic carbocycles. The fraction of sp³-hybridized carbons (Fsp3) is 0.682. The standard InChI is InChI=1S/C22H35N3O3/c1-17(2)16-28-19-8-6-18(7-9-19)10-11-24-22(23-3)25-12-14-27-21(15-25)20-5-4-13-26-20/h6-9,17,20-21H,4-5,10-16H2,1-3H3,(H,23,24). The van der Waals surface area contributed by atoms with Crippen LogP contribution >= 0.6 is 0 Å². The van der Waals surface area contributed by atoms with Crippen molar-refractivity contribution in [2.75, 3.05) is 46.5 Å². The number of hydrogen-bond donors (Lipinski definition) is 1. The van der Waals surface area contributed by atoms with Crippen molar-refractivity contribution in [2.45, 2.75) is 45.3 Å². The van der Waals surface area contributed by atoms with Crippen molar-refractivity contribution in [3.63, 3.8) is 0 Å². The molecule has 1 aromatic carbocycles. The van der Waals surface area contributed by atoms with E-state index >= 15 is 0 Å². The van der Waals surface area contributed by atoms with E-state index in [4.69, 9.17) is 14.2 Å². The Hall–Kier alpha value is -1.79. The molecule has 28 heavy (non-hydrogen) atoms. The van der Waals surface area contributed by atoms with E-state index in [-0.39, 0.29) is 12.2 Å². The van der Waals surface area contributed by atoms with Crippen molar-refractivity contribution in [3.05, 3.63) is 29.8 Å². The molecule has 2 unspecified atom stereocenters. The van der Waals surface area contributed by atoms with Gasteiger partial charge >= 0.3 is 0 Å². The molecule has 156 valence electrons. The molecule has 2 aliphatic heterocycles. The molecular formula is C22H35N3O3. The Morgan fingerprint density at radius 3 is 2.68 bits per heavy atom. The van der Waals surface area contributed by atoms with Crippen molar-refractivity contribution in [2.24, 2.45) is 10.9 Å². The highest BCUT2D eigenvalue weighted by Crippen LogP contribution is 2.21. The lowest BCUT2D eigenvalue weighted by Crippen LogP contribution is -2.53. The summed E-state index contributed by atoms with van der Waals surface area (Å²) in [5.41, 5.74) is 1.29. The molecule has 2 aliphatic rings. The van der Waals surface area contributed by atoms with Gasteiger partial charge in [0.1, 0.15) is 11.9 Å². The Bertz CT molecular complexity index is 612. The van der Waals surface area contributed by atoms with E-state index in [2.05, 4.69) is 53.3 Å². The van der Waals surface area contributed by atoms with Gasteiger partial charge in [0, 0.05) is 33.3 Å². The number of benzene rings is 1. The van der Waals surface area contributed by atoms with Gasteiger partial charge in [0.15, 0.2) is 5.96 Å². The molecule has 0 saturated carbocycles. The number of aliphatic imine (C=N–C) groups is 1. The molecule has 1 N–H and O–H groups in total. The lowest BCUT2D eigenvalue weighted by molar-refractivity contribution is -0.0816. The Balaban J connectivity index is 1.43. The molecule has 6 nitrogen and oxygen atoms in total. The second-order valence-corrected chi connectivity index (χ2v) is 7.98. The monoisotopic (exact) mass is 389 g/mol. The van der Waals surface area contributed by atoms with Gasteiger partial charge in [-0.25, -0.2) is 0 Å². The largest absolute Gasteiger partial charge is 0.493 e. The highest BCUT2D eigenvalue weighted by atomic mass is 16.5. The van der Waals surface area contributed by atoms with Crippen LogP contribution in [-0.2, 0) is 15.9 Å². The Morgan fingerprint density at radius 2 is 2.00 bits per heavy atom. The first kappa shape index (κ1) is 20.9. The maximum atomic E-state index is 5.94. The van der Waals surface area contributed by atoms with Crippen LogP contribution < -0.4 is 10.1 Å². The molecule has 2 fully saturated rings. The molecule has 2 saturated heterocycles. The highest BCUT2D eigenvalue weighted by Gasteiger charge is 2.32. The van der Waals surface area contributed by atoms with E-state index in [1.807, 2.05) is 7.05 Å². The molecule has 1 aromatic rings. The van der Waals surface area contributed by atoms with E-state index in [0.29, 0.717) is 5.92 Å². The summed E-state index contributed by atoms with van der Waals surface area (Å²) < 4.78 is 17.5. The van der Waals surface area contributed by atoms with Crippen LogP contribution in [0.15, 0.2) is 29.3 Å². The Labute approximate surface area is 169 Å². The van der Waals surface area contributed by atoms with Gasteiger partial charge in [0.05, 0.1) is 19.3 Å². The van der Waals surface area contributed by atoms with Gasteiger partial charge in [0.25, 0.3) is 0 Å². The van der Waals surface area contributed by atoms with Crippen molar-refractivity contribution in [3.8, 4) is 5.75 Å². The summed E-state index contributed by atoms with van der Waals surface area (Å²) in [4.78, 5) is 6.76. The van der Waals surface area contributed by atoms with Gasteiger partial charge in [-0.05, 0) is 42.9 Å². The zero-order chi connectivity index (χ0) is 19.8. The predicted molar refractivity (Wildman–Crippen MR) is 112 cm³/mol. The summed E-state index contributed by atoms with van der Waals surface area (Å²) in [6.07, 6.45) is 3.56. The van der Waals surface area contributed by atoms with Crippen molar-refractivity contribution < 1.29 is 14.2 Å². The third-order valence-electron chi connectivity index (χ3n) is 5.19. The molecule has 0 bridgehead atoms. The minimum absolute atomic E-state index is 0.146. The summed E-state index contributed by atoms with van der Waals surface area (Å²) >= 11 is 0. The summed E-state index contributed by atoms with van der Waals surface area (Å²) in [5.74, 6) is 2.42. The van der Waals surface area contributed by atoms with Crippen LogP contribution in [0, 0.1) is 5.92 Å². The fourth-order valence-corrected chi connectivity index (χ4v) is 3.65. The zero-order valence-corrected chi connectivity index (χ0v) is 17.5. The normalized spacial score (nSPS) is 23.3. The summed E-state index contributed by atoms with van der Waals surface area (Å²) in [7, 11) is 1.85. The van der Waals surface area contributed by atoms with Crippen molar-refractivity contribution in [1.29, 1.82) is 0 Å². The molecule has 6 heteroatoms.